The van der Waals surface area contributed by atoms with Crippen LogP contribution in [0.2, 0.25) is 0 Å². The Morgan fingerprint density at radius 2 is 2.17 bits per heavy atom. The van der Waals surface area contributed by atoms with Gasteiger partial charge < -0.3 is 5.32 Å². The van der Waals surface area contributed by atoms with E-state index in [1.54, 1.807) is 0 Å². The summed E-state index contributed by atoms with van der Waals surface area (Å²) in [5.74, 6) is 0. The predicted molar refractivity (Wildman–Crippen MR) is 86.0 cm³/mol. The number of hydrogen-bond donors (Lipinski definition) is 1. The first-order valence-corrected chi connectivity index (χ1v) is 8.71. The van der Waals surface area contributed by atoms with Gasteiger partial charge in [-0.15, -0.1) is 22.7 Å². The average molecular weight is 344 g/mol. The normalized spacial score (nSPS) is 12.9. The van der Waals surface area contributed by atoms with Crippen molar-refractivity contribution in [3.05, 3.63) is 42.2 Å². The first kappa shape index (κ1) is 14.3. The molecule has 0 aliphatic carbocycles. The quantitative estimate of drug-likeness (QED) is 0.792. The van der Waals surface area contributed by atoms with Crippen LogP contribution < -0.4 is 5.32 Å². The molecule has 0 spiro atoms. The van der Waals surface area contributed by atoms with Gasteiger partial charge in [0, 0.05) is 9.75 Å². The molecule has 1 unspecified atom stereocenters. The Kier molecular flexibility index (Phi) is 5.01. The SMILES string of the molecule is CCNC(c1cc(Br)sc1C)c1sccc1CC. The number of thiophene rings is 2. The van der Waals surface area contributed by atoms with Gasteiger partial charge in [0.1, 0.15) is 0 Å². The highest BCUT2D eigenvalue weighted by Crippen LogP contribution is 2.36. The van der Waals surface area contributed by atoms with Crippen molar-refractivity contribution in [2.75, 3.05) is 6.54 Å². The Hall–Kier alpha value is -0.160. The van der Waals surface area contributed by atoms with E-state index in [1.807, 2.05) is 22.7 Å². The number of nitrogens with one attached hydrogen (secondary N) is 1. The molecule has 1 N–H and O–H groups in total. The van der Waals surface area contributed by atoms with Crippen LogP contribution in [0.25, 0.3) is 0 Å². The smallest absolute Gasteiger partial charge is 0.0704 e. The lowest BCUT2D eigenvalue weighted by atomic mass is 10.0. The molecule has 2 heterocycles. The van der Waals surface area contributed by atoms with Gasteiger partial charge in [-0.05, 0) is 64.5 Å². The molecule has 0 radical (unpaired) electrons. The van der Waals surface area contributed by atoms with E-state index in [1.165, 1.54) is 24.7 Å². The summed E-state index contributed by atoms with van der Waals surface area (Å²) in [5, 5.41) is 5.83. The molecule has 0 saturated carbocycles. The molecule has 0 bridgehead atoms. The molecule has 2 aromatic heterocycles. The number of hydrogen-bond acceptors (Lipinski definition) is 3. The summed E-state index contributed by atoms with van der Waals surface area (Å²) in [6.45, 7) is 7.58. The zero-order valence-electron chi connectivity index (χ0n) is 10.9. The first-order chi connectivity index (χ1) is 8.67. The standard InChI is InChI=1S/C14H18BrNS2/c1-4-10-6-7-17-14(10)13(16-5-2)11-8-12(15)18-9(11)3/h6-8,13,16H,4-5H2,1-3H3. The second-order valence-electron chi connectivity index (χ2n) is 4.22. The molecule has 0 aromatic carbocycles. The first-order valence-electron chi connectivity index (χ1n) is 6.22. The van der Waals surface area contributed by atoms with E-state index in [2.05, 4.69) is 59.5 Å². The molecule has 4 heteroatoms. The molecule has 0 fully saturated rings. The highest BCUT2D eigenvalue weighted by molar-refractivity contribution is 9.11. The summed E-state index contributed by atoms with van der Waals surface area (Å²) in [5.41, 5.74) is 2.87. The largest absolute Gasteiger partial charge is 0.306 e. The van der Waals surface area contributed by atoms with Gasteiger partial charge in [0.25, 0.3) is 0 Å². The second kappa shape index (κ2) is 6.33. The summed E-state index contributed by atoms with van der Waals surface area (Å²) < 4.78 is 1.22. The maximum absolute atomic E-state index is 3.63. The fraction of sp³-hybridized carbons (Fsp3) is 0.429. The summed E-state index contributed by atoms with van der Waals surface area (Å²) in [4.78, 5) is 2.86. The van der Waals surface area contributed by atoms with Gasteiger partial charge in [-0.1, -0.05) is 13.8 Å². The highest BCUT2D eigenvalue weighted by atomic mass is 79.9. The van der Waals surface area contributed by atoms with Crippen LogP contribution in [-0.2, 0) is 6.42 Å². The lowest BCUT2D eigenvalue weighted by Crippen LogP contribution is -2.22. The second-order valence-corrected chi connectivity index (χ2v) is 7.80. The number of rotatable bonds is 5. The zero-order chi connectivity index (χ0) is 13.1. The van der Waals surface area contributed by atoms with E-state index in [4.69, 9.17) is 0 Å². The molecule has 18 heavy (non-hydrogen) atoms. The molecular formula is C14H18BrNS2. The summed E-state index contributed by atoms with van der Waals surface area (Å²) >= 11 is 7.27. The van der Waals surface area contributed by atoms with Crippen molar-refractivity contribution in [2.24, 2.45) is 0 Å². The van der Waals surface area contributed by atoms with Gasteiger partial charge in [-0.2, -0.15) is 0 Å². The van der Waals surface area contributed by atoms with Crippen LogP contribution in [0.3, 0.4) is 0 Å². The molecule has 2 aromatic rings. The molecule has 98 valence electrons. The molecule has 2 rings (SSSR count). The van der Waals surface area contributed by atoms with Crippen molar-refractivity contribution < 1.29 is 0 Å². The Bertz CT molecular complexity index is 516. The molecule has 0 aliphatic heterocycles. The molecule has 0 saturated heterocycles. The Labute approximate surface area is 125 Å². The van der Waals surface area contributed by atoms with E-state index in [9.17, 15) is 0 Å². The van der Waals surface area contributed by atoms with Crippen molar-refractivity contribution in [2.45, 2.75) is 33.2 Å². The minimum atomic E-state index is 0.340. The third-order valence-corrected chi connectivity index (χ3v) is 5.66. The lowest BCUT2D eigenvalue weighted by Gasteiger charge is -2.18. The van der Waals surface area contributed by atoms with Crippen molar-refractivity contribution in [1.29, 1.82) is 0 Å². The Morgan fingerprint density at radius 3 is 2.72 bits per heavy atom. The summed E-state index contributed by atoms with van der Waals surface area (Å²) in [6, 6.07) is 4.85. The van der Waals surface area contributed by atoms with Crippen molar-refractivity contribution in [1.82, 2.24) is 5.32 Å². The van der Waals surface area contributed by atoms with Crippen LogP contribution in [-0.4, -0.2) is 6.54 Å². The maximum atomic E-state index is 3.63. The topological polar surface area (TPSA) is 12.0 Å². The number of halogens is 1. The minimum absolute atomic E-state index is 0.340. The van der Waals surface area contributed by atoms with Crippen LogP contribution in [0.4, 0.5) is 0 Å². The molecule has 1 atom stereocenters. The van der Waals surface area contributed by atoms with Crippen LogP contribution in [0.5, 0.6) is 0 Å². The fourth-order valence-electron chi connectivity index (χ4n) is 2.19. The Balaban J connectivity index is 2.42. The van der Waals surface area contributed by atoms with Crippen LogP contribution in [0.15, 0.2) is 21.3 Å². The fourth-order valence-corrected chi connectivity index (χ4v) is 5.02. The molecule has 0 amide bonds. The van der Waals surface area contributed by atoms with Gasteiger partial charge in [0.2, 0.25) is 0 Å². The Morgan fingerprint density at radius 1 is 1.39 bits per heavy atom. The van der Waals surface area contributed by atoms with E-state index >= 15 is 0 Å². The minimum Gasteiger partial charge on any atom is -0.306 e. The van der Waals surface area contributed by atoms with Gasteiger partial charge in [0.15, 0.2) is 0 Å². The molecule has 1 nitrogen and oxygen atoms in total. The van der Waals surface area contributed by atoms with E-state index in [-0.39, 0.29) is 0 Å². The molecular weight excluding hydrogens is 326 g/mol. The maximum Gasteiger partial charge on any atom is 0.0704 e. The zero-order valence-corrected chi connectivity index (χ0v) is 14.1. The summed E-state index contributed by atoms with van der Waals surface area (Å²) in [6.07, 6.45) is 1.10. The van der Waals surface area contributed by atoms with Gasteiger partial charge in [-0.3, -0.25) is 0 Å². The van der Waals surface area contributed by atoms with E-state index in [0.29, 0.717) is 6.04 Å². The monoisotopic (exact) mass is 343 g/mol. The third kappa shape index (κ3) is 2.87. The van der Waals surface area contributed by atoms with Crippen LogP contribution >= 0.6 is 38.6 Å². The van der Waals surface area contributed by atoms with Gasteiger partial charge in [0.05, 0.1) is 9.83 Å². The van der Waals surface area contributed by atoms with Crippen molar-refractivity contribution in [3.63, 3.8) is 0 Å². The van der Waals surface area contributed by atoms with Crippen LogP contribution in [0, 0.1) is 6.92 Å². The number of aryl methyl sites for hydroxylation is 2. The summed E-state index contributed by atoms with van der Waals surface area (Å²) in [7, 11) is 0. The average Bonchev–Trinajstić information content (AvgIpc) is 2.92. The molecule has 0 aliphatic rings. The van der Waals surface area contributed by atoms with Crippen LogP contribution in [0.1, 0.15) is 40.8 Å². The van der Waals surface area contributed by atoms with E-state index in [0.717, 1.165) is 13.0 Å². The van der Waals surface area contributed by atoms with Crippen molar-refractivity contribution in [3.8, 4) is 0 Å². The lowest BCUT2D eigenvalue weighted by molar-refractivity contribution is 0.634. The highest BCUT2D eigenvalue weighted by Gasteiger charge is 2.20. The van der Waals surface area contributed by atoms with Crippen molar-refractivity contribution >= 4 is 38.6 Å². The van der Waals surface area contributed by atoms with E-state index < -0.39 is 0 Å². The predicted octanol–water partition coefficient (Wildman–Crippen LogP) is 5.14. The van der Waals surface area contributed by atoms with Gasteiger partial charge in [-0.25, -0.2) is 0 Å². The third-order valence-electron chi connectivity index (χ3n) is 3.07. The van der Waals surface area contributed by atoms with Gasteiger partial charge >= 0.3 is 0 Å².